The standard InChI is InChI=1S/C38H14F8O18/c39-20-19(21(40)23(42)24(22(20)41)62-26(48)12-2-8-16-18(10-12)30(52)64-28(16)50)36(37(43,34(59)60)38(44,45)46,35(31(53)54,32(55)56)33(57)58)13-3-5-14(6-4-13)61-25(47)11-1-7-15-17(9-11)29(51)63-27(15)49/h1-10H,(H,53,54)(H,55,56)(H,57,58)(H,59,60). The summed E-state index contributed by atoms with van der Waals surface area (Å²) in [5.41, 5.74) is -28.7. The highest BCUT2D eigenvalue weighted by Gasteiger charge is 2.87. The van der Waals surface area contributed by atoms with Gasteiger partial charge in [-0.2, -0.15) is 22.0 Å². The highest BCUT2D eigenvalue weighted by molar-refractivity contribution is 6.20. The Balaban J connectivity index is 1.63. The number of ether oxygens (including phenoxy) is 4. The van der Waals surface area contributed by atoms with Crippen LogP contribution in [-0.2, 0) is 34.1 Å². The van der Waals surface area contributed by atoms with E-state index in [4.69, 9.17) is 4.74 Å². The number of halogens is 8. The molecule has 2 atom stereocenters. The number of carbonyl (C=O) groups excluding carboxylic acids is 6. The van der Waals surface area contributed by atoms with Gasteiger partial charge in [0, 0.05) is 5.56 Å². The van der Waals surface area contributed by atoms with Crippen LogP contribution in [0.1, 0.15) is 73.3 Å². The van der Waals surface area contributed by atoms with Crippen molar-refractivity contribution in [3.8, 4) is 11.5 Å². The van der Waals surface area contributed by atoms with E-state index in [-0.39, 0.29) is 29.8 Å². The maximum absolute atomic E-state index is 17.3. The number of hydrogen-bond donors (Lipinski definition) is 4. The van der Waals surface area contributed by atoms with Crippen LogP contribution in [0, 0.1) is 28.7 Å². The summed E-state index contributed by atoms with van der Waals surface area (Å²) in [4.78, 5) is 124. The Morgan fingerprint density at radius 3 is 1.27 bits per heavy atom. The number of esters is 6. The molecule has 0 saturated heterocycles. The van der Waals surface area contributed by atoms with E-state index < -0.39 is 156 Å². The first kappa shape index (κ1) is 45.0. The van der Waals surface area contributed by atoms with Crippen molar-refractivity contribution >= 4 is 59.7 Å². The summed E-state index contributed by atoms with van der Waals surface area (Å²) in [6, 6.07) is 3.91. The molecular weight excluding hydrogens is 896 g/mol. The molecule has 18 nitrogen and oxygen atoms in total. The van der Waals surface area contributed by atoms with Crippen LogP contribution < -0.4 is 9.47 Å². The second-order valence-corrected chi connectivity index (χ2v) is 13.0. The SMILES string of the molecule is O=C(Oc1ccc(C(c2c(F)c(F)c(OC(=O)c3ccc4c(c3)C(=O)OC4=O)c(F)c2F)(C(C(=O)O)(C(=O)O)C(=O)O)C(F)(C(=O)O)C(F)(F)F)cc1)c1ccc2c(c1)C(=O)OC2=O. The Morgan fingerprint density at radius 2 is 0.891 bits per heavy atom. The van der Waals surface area contributed by atoms with E-state index >= 15 is 35.1 Å². The fourth-order valence-electron chi connectivity index (χ4n) is 6.97. The molecule has 2 aliphatic rings. The van der Waals surface area contributed by atoms with Crippen molar-refractivity contribution in [2.45, 2.75) is 17.3 Å². The molecular formula is C38H14F8O18. The van der Waals surface area contributed by atoms with Crippen molar-refractivity contribution in [2.75, 3.05) is 0 Å². The maximum atomic E-state index is 17.3. The molecule has 0 spiro atoms. The lowest BCUT2D eigenvalue weighted by molar-refractivity contribution is -0.263. The van der Waals surface area contributed by atoms with Gasteiger partial charge in [-0.3, -0.25) is 14.4 Å². The summed E-state index contributed by atoms with van der Waals surface area (Å²) in [5, 5.41) is 40.5. The van der Waals surface area contributed by atoms with Gasteiger partial charge in [0.15, 0.2) is 11.6 Å². The number of alkyl halides is 4. The van der Waals surface area contributed by atoms with Crippen LogP contribution in [0.25, 0.3) is 0 Å². The predicted molar refractivity (Wildman–Crippen MR) is 179 cm³/mol. The van der Waals surface area contributed by atoms with E-state index in [2.05, 4.69) is 14.2 Å². The summed E-state index contributed by atoms with van der Waals surface area (Å²) >= 11 is 0. The summed E-state index contributed by atoms with van der Waals surface area (Å²) in [7, 11) is 0. The predicted octanol–water partition coefficient (Wildman–Crippen LogP) is 4.18. The van der Waals surface area contributed by atoms with Crippen molar-refractivity contribution in [3.63, 3.8) is 0 Å². The van der Waals surface area contributed by atoms with Gasteiger partial charge in [0.1, 0.15) is 11.2 Å². The summed E-state index contributed by atoms with van der Waals surface area (Å²) in [6.45, 7) is 0. The number of benzene rings is 4. The second-order valence-electron chi connectivity index (χ2n) is 13.0. The number of fused-ring (bicyclic) bond motifs is 2. The number of carboxylic acid groups (broad SMARTS) is 4. The van der Waals surface area contributed by atoms with E-state index in [1.165, 1.54) is 0 Å². The molecule has 2 heterocycles. The molecule has 0 saturated carbocycles. The fraction of sp³-hybridized carbons (Fsp3) is 0.105. The minimum absolute atomic E-state index is 0.0979. The summed E-state index contributed by atoms with van der Waals surface area (Å²) < 4.78 is 146. The fourth-order valence-corrected chi connectivity index (χ4v) is 6.97. The Labute approximate surface area is 344 Å². The van der Waals surface area contributed by atoms with Gasteiger partial charge < -0.3 is 39.4 Å². The van der Waals surface area contributed by atoms with Crippen molar-refractivity contribution in [3.05, 3.63) is 128 Å². The molecule has 2 unspecified atom stereocenters. The first-order valence-electron chi connectivity index (χ1n) is 16.6. The summed E-state index contributed by atoms with van der Waals surface area (Å²) in [5.74, 6) is -41.6. The van der Waals surface area contributed by atoms with Crippen molar-refractivity contribution < 1.29 is 122 Å². The molecule has 4 aromatic carbocycles. The molecule has 6 rings (SSSR count). The van der Waals surface area contributed by atoms with Crippen molar-refractivity contribution in [2.24, 2.45) is 5.41 Å². The van der Waals surface area contributed by atoms with E-state index in [1.54, 1.807) is 0 Å². The molecule has 0 radical (unpaired) electrons. The number of carbonyl (C=O) groups is 10. The highest BCUT2D eigenvalue weighted by atomic mass is 19.4. The minimum Gasteiger partial charge on any atom is -0.480 e. The van der Waals surface area contributed by atoms with Gasteiger partial charge in [-0.1, -0.05) is 12.1 Å². The van der Waals surface area contributed by atoms with Crippen LogP contribution in [0.5, 0.6) is 11.5 Å². The van der Waals surface area contributed by atoms with Gasteiger partial charge in [0.05, 0.1) is 33.4 Å². The Bertz CT molecular complexity index is 2810. The third-order valence-electron chi connectivity index (χ3n) is 9.78. The number of carboxylic acids is 4. The molecule has 0 aliphatic carbocycles. The van der Waals surface area contributed by atoms with Crippen LogP contribution in [0.2, 0.25) is 0 Å². The lowest BCUT2D eigenvalue weighted by atomic mass is 9.49. The Morgan fingerprint density at radius 1 is 0.500 bits per heavy atom. The molecule has 0 amide bonds. The van der Waals surface area contributed by atoms with E-state index in [0.29, 0.717) is 18.2 Å². The first-order valence-corrected chi connectivity index (χ1v) is 16.6. The summed E-state index contributed by atoms with van der Waals surface area (Å²) in [6.07, 6.45) is -7.46. The largest absolute Gasteiger partial charge is 0.480 e. The zero-order valence-corrected chi connectivity index (χ0v) is 30.3. The molecule has 0 bridgehead atoms. The topological polar surface area (TPSA) is 289 Å². The van der Waals surface area contributed by atoms with Gasteiger partial charge in [-0.15, -0.1) is 0 Å². The van der Waals surface area contributed by atoms with Crippen LogP contribution in [0.15, 0.2) is 60.7 Å². The second kappa shape index (κ2) is 15.1. The van der Waals surface area contributed by atoms with Crippen molar-refractivity contribution in [1.29, 1.82) is 0 Å². The molecule has 330 valence electrons. The van der Waals surface area contributed by atoms with Gasteiger partial charge in [-0.25, -0.2) is 46.7 Å². The molecule has 4 aromatic rings. The van der Waals surface area contributed by atoms with Gasteiger partial charge in [0.2, 0.25) is 17.4 Å². The van der Waals surface area contributed by atoms with E-state index in [9.17, 15) is 68.4 Å². The zero-order valence-electron chi connectivity index (χ0n) is 30.3. The maximum Gasteiger partial charge on any atom is 0.434 e. The van der Waals surface area contributed by atoms with E-state index in [1.807, 2.05) is 0 Å². The van der Waals surface area contributed by atoms with Crippen LogP contribution >= 0.6 is 0 Å². The number of cyclic esters (lactones) is 4. The third-order valence-corrected chi connectivity index (χ3v) is 9.78. The quantitative estimate of drug-likeness (QED) is 0.0510. The lowest BCUT2D eigenvalue weighted by Crippen LogP contribution is -2.75. The van der Waals surface area contributed by atoms with Gasteiger partial charge in [0.25, 0.3) is 5.41 Å². The van der Waals surface area contributed by atoms with Crippen LogP contribution in [0.4, 0.5) is 35.1 Å². The number of aliphatic carboxylic acids is 4. The Kier molecular flexibility index (Phi) is 10.6. The molecule has 64 heavy (non-hydrogen) atoms. The Hall–Kier alpha value is -8.58. The number of hydrogen-bond acceptors (Lipinski definition) is 14. The smallest absolute Gasteiger partial charge is 0.434 e. The van der Waals surface area contributed by atoms with Crippen LogP contribution in [-0.4, -0.2) is 92.0 Å². The average molecular weight is 910 g/mol. The third kappa shape index (κ3) is 6.16. The monoisotopic (exact) mass is 910 g/mol. The number of rotatable bonds is 12. The van der Waals surface area contributed by atoms with Crippen LogP contribution in [0.3, 0.4) is 0 Å². The molecule has 0 fully saturated rings. The molecule has 4 N–H and O–H groups in total. The average Bonchev–Trinajstić information content (AvgIpc) is 3.67. The van der Waals surface area contributed by atoms with Crippen molar-refractivity contribution in [1.82, 2.24) is 0 Å². The molecule has 26 heteroatoms. The highest BCUT2D eigenvalue weighted by Crippen LogP contribution is 2.63. The minimum atomic E-state index is -7.46. The normalized spacial score (nSPS) is 15.2. The van der Waals surface area contributed by atoms with E-state index in [0.717, 1.165) is 18.2 Å². The van der Waals surface area contributed by atoms with Gasteiger partial charge in [-0.05, 0) is 54.1 Å². The first-order chi connectivity index (χ1) is 29.7. The lowest BCUT2D eigenvalue weighted by Gasteiger charge is -2.49. The molecule has 2 aliphatic heterocycles. The van der Waals surface area contributed by atoms with Gasteiger partial charge >= 0.3 is 71.5 Å². The zero-order chi connectivity index (χ0) is 47.8. The molecule has 0 aromatic heterocycles.